The first-order valence-electron chi connectivity index (χ1n) is 11.0. The second-order valence-corrected chi connectivity index (χ2v) is 8.22. The van der Waals surface area contributed by atoms with Crippen molar-refractivity contribution in [3.63, 3.8) is 0 Å². The van der Waals surface area contributed by atoms with Crippen molar-refractivity contribution in [1.29, 1.82) is 0 Å². The van der Waals surface area contributed by atoms with Gasteiger partial charge in [0.1, 0.15) is 0 Å². The predicted molar refractivity (Wildman–Crippen MR) is 127 cm³/mol. The van der Waals surface area contributed by atoms with E-state index >= 15 is 0 Å². The third kappa shape index (κ3) is 4.77. The van der Waals surface area contributed by atoms with Gasteiger partial charge in [-0.15, -0.1) is 0 Å². The van der Waals surface area contributed by atoms with Crippen LogP contribution in [0.2, 0.25) is 5.02 Å². The molecule has 4 rings (SSSR count). The zero-order valence-corrected chi connectivity index (χ0v) is 19.4. The Morgan fingerprint density at radius 3 is 2.73 bits per heavy atom. The fourth-order valence-electron chi connectivity index (χ4n) is 4.07. The number of carbonyl (C=O) groups is 2. The lowest BCUT2D eigenvalue weighted by Crippen LogP contribution is -2.49. The zero-order chi connectivity index (χ0) is 23.4. The summed E-state index contributed by atoms with van der Waals surface area (Å²) in [4.78, 5) is 32.1. The van der Waals surface area contributed by atoms with Crippen molar-refractivity contribution in [2.24, 2.45) is 7.05 Å². The van der Waals surface area contributed by atoms with E-state index in [1.165, 1.54) is 4.68 Å². The number of hydrogen-bond acceptors (Lipinski definition) is 6. The van der Waals surface area contributed by atoms with Crippen LogP contribution in [0, 0.1) is 0 Å². The van der Waals surface area contributed by atoms with Gasteiger partial charge in [0.25, 0.3) is 5.91 Å². The number of anilines is 1. The minimum absolute atomic E-state index is 0.0490. The van der Waals surface area contributed by atoms with Gasteiger partial charge in [0.05, 0.1) is 23.9 Å². The fraction of sp³-hybridized carbons (Fsp3) is 0.333. The van der Waals surface area contributed by atoms with Gasteiger partial charge in [-0.1, -0.05) is 23.7 Å². The van der Waals surface area contributed by atoms with E-state index < -0.39 is 5.97 Å². The number of carbonyl (C=O) groups excluding carboxylic acids is 2. The maximum absolute atomic E-state index is 13.6. The molecule has 1 atom stereocenters. The number of nitrogens with one attached hydrogen (secondary N) is 1. The average Bonchev–Trinajstić information content (AvgIpc) is 3.23. The topological polar surface area (TPSA) is 89.3 Å². The summed E-state index contributed by atoms with van der Waals surface area (Å²) < 4.78 is 6.66. The molecule has 0 bridgehead atoms. The number of aromatic nitrogens is 3. The first-order valence-corrected chi connectivity index (χ1v) is 11.3. The van der Waals surface area contributed by atoms with Crippen molar-refractivity contribution < 1.29 is 14.3 Å². The van der Waals surface area contributed by atoms with Gasteiger partial charge in [0.15, 0.2) is 11.5 Å². The molecule has 0 saturated carbocycles. The van der Waals surface area contributed by atoms with E-state index in [1.807, 2.05) is 12.1 Å². The molecule has 8 nitrogen and oxygen atoms in total. The van der Waals surface area contributed by atoms with Crippen LogP contribution in [0.5, 0.6) is 0 Å². The molecule has 3 aromatic rings. The molecule has 0 spiro atoms. The Balaban J connectivity index is 1.66. The largest absolute Gasteiger partial charge is 0.461 e. The summed E-state index contributed by atoms with van der Waals surface area (Å²) in [5, 5.41) is 7.99. The lowest BCUT2D eigenvalue weighted by Gasteiger charge is -2.34. The van der Waals surface area contributed by atoms with Crippen molar-refractivity contribution in [2.75, 3.05) is 24.6 Å². The van der Waals surface area contributed by atoms with Crippen LogP contribution < -0.4 is 10.2 Å². The molecule has 1 unspecified atom stereocenters. The molecule has 1 aliphatic rings. The minimum atomic E-state index is -0.437. The van der Waals surface area contributed by atoms with E-state index in [0.717, 1.165) is 24.9 Å². The molecule has 2 aromatic heterocycles. The molecule has 9 heteroatoms. The van der Waals surface area contributed by atoms with E-state index in [9.17, 15) is 9.59 Å². The zero-order valence-electron chi connectivity index (χ0n) is 18.6. The molecule has 1 amide bonds. The highest BCUT2D eigenvalue weighted by Gasteiger charge is 2.30. The van der Waals surface area contributed by atoms with Crippen molar-refractivity contribution in [2.45, 2.75) is 25.8 Å². The fourth-order valence-corrected chi connectivity index (χ4v) is 4.28. The summed E-state index contributed by atoms with van der Waals surface area (Å²) in [6, 6.07) is 10.6. The molecule has 172 valence electrons. The van der Waals surface area contributed by atoms with Gasteiger partial charge in [0.2, 0.25) is 0 Å². The van der Waals surface area contributed by atoms with Crippen molar-refractivity contribution in [3.8, 4) is 11.1 Å². The summed E-state index contributed by atoms with van der Waals surface area (Å²) in [5.41, 5.74) is 2.29. The number of pyridine rings is 1. The maximum Gasteiger partial charge on any atom is 0.357 e. The van der Waals surface area contributed by atoms with Gasteiger partial charge in [-0.2, -0.15) is 5.10 Å². The van der Waals surface area contributed by atoms with Crippen LogP contribution in [0.25, 0.3) is 11.1 Å². The van der Waals surface area contributed by atoms with Crippen molar-refractivity contribution >= 4 is 29.3 Å². The quantitative estimate of drug-likeness (QED) is 0.556. The molecular weight excluding hydrogens is 442 g/mol. The van der Waals surface area contributed by atoms with Crippen LogP contribution in [-0.4, -0.2) is 52.4 Å². The van der Waals surface area contributed by atoms with Crippen LogP contribution >= 0.6 is 11.6 Å². The number of amides is 1. The van der Waals surface area contributed by atoms with E-state index in [2.05, 4.69) is 15.4 Å². The molecule has 33 heavy (non-hydrogen) atoms. The molecule has 0 aliphatic carbocycles. The number of aryl methyl sites for hydroxylation is 1. The third-order valence-electron chi connectivity index (χ3n) is 5.67. The summed E-state index contributed by atoms with van der Waals surface area (Å²) in [6.07, 6.45) is 5.09. The highest BCUT2D eigenvalue weighted by Crippen LogP contribution is 2.29. The molecule has 0 radical (unpaired) electrons. The highest BCUT2D eigenvalue weighted by molar-refractivity contribution is 6.33. The number of piperidine rings is 1. The second-order valence-electron chi connectivity index (χ2n) is 7.81. The highest BCUT2D eigenvalue weighted by atomic mass is 35.5. The Kier molecular flexibility index (Phi) is 7.05. The first-order chi connectivity index (χ1) is 16.0. The van der Waals surface area contributed by atoms with Gasteiger partial charge in [-0.25, -0.2) is 9.78 Å². The van der Waals surface area contributed by atoms with Crippen LogP contribution in [0.15, 0.2) is 48.8 Å². The lowest BCUT2D eigenvalue weighted by molar-refractivity contribution is 0.0514. The van der Waals surface area contributed by atoms with E-state index in [-0.39, 0.29) is 18.6 Å². The Labute approximate surface area is 197 Å². The molecule has 1 aromatic carbocycles. The van der Waals surface area contributed by atoms with Gasteiger partial charge in [0, 0.05) is 30.9 Å². The van der Waals surface area contributed by atoms with Gasteiger partial charge >= 0.3 is 5.97 Å². The number of nitrogens with zero attached hydrogens (tertiary/aromatic N) is 4. The van der Waals surface area contributed by atoms with E-state index in [1.54, 1.807) is 55.5 Å². The van der Waals surface area contributed by atoms with Crippen molar-refractivity contribution in [1.82, 2.24) is 20.1 Å². The standard InChI is InChI=1S/C24H26ClN5O3/c1-3-33-24(32)21-19(15-28-29(21)2)16-8-10-17(11-9-16)23(31)30(18-6-4-12-26-14-18)22-20(25)7-5-13-27-22/h5,7-11,13,15,18,26H,3-4,6,12,14H2,1-2H3. The summed E-state index contributed by atoms with van der Waals surface area (Å²) in [5.74, 6) is -0.153. The lowest BCUT2D eigenvalue weighted by atomic mass is 10.0. The summed E-state index contributed by atoms with van der Waals surface area (Å²) >= 11 is 6.42. The molecular formula is C24H26ClN5O3. The third-order valence-corrected chi connectivity index (χ3v) is 5.97. The number of esters is 1. The van der Waals surface area contributed by atoms with Crippen LogP contribution in [0.3, 0.4) is 0 Å². The SMILES string of the molecule is CCOC(=O)c1c(-c2ccc(C(=O)N(c3ncccc3Cl)C3CCCNC3)cc2)cnn1C. The van der Waals surface area contributed by atoms with Crippen molar-refractivity contribution in [3.05, 3.63) is 65.1 Å². The normalized spacial score (nSPS) is 15.8. The van der Waals surface area contributed by atoms with Crippen LogP contribution in [0.4, 0.5) is 5.82 Å². The predicted octanol–water partition coefficient (Wildman–Crippen LogP) is 3.71. The Bertz CT molecular complexity index is 1140. The Morgan fingerprint density at radius 2 is 2.06 bits per heavy atom. The summed E-state index contributed by atoms with van der Waals surface area (Å²) in [6.45, 7) is 3.64. The number of rotatable bonds is 6. The van der Waals surface area contributed by atoms with E-state index in [0.29, 0.717) is 34.2 Å². The molecule has 1 fully saturated rings. The monoisotopic (exact) mass is 467 g/mol. The minimum Gasteiger partial charge on any atom is -0.461 e. The van der Waals surface area contributed by atoms with Crippen LogP contribution in [-0.2, 0) is 11.8 Å². The van der Waals surface area contributed by atoms with E-state index in [4.69, 9.17) is 16.3 Å². The summed E-state index contributed by atoms with van der Waals surface area (Å²) in [7, 11) is 1.69. The van der Waals surface area contributed by atoms with Gasteiger partial charge in [-0.05, 0) is 56.1 Å². The number of hydrogen-bond donors (Lipinski definition) is 1. The van der Waals surface area contributed by atoms with Crippen LogP contribution in [0.1, 0.15) is 40.6 Å². The maximum atomic E-state index is 13.6. The molecule has 3 heterocycles. The van der Waals surface area contributed by atoms with Gasteiger partial charge in [-0.3, -0.25) is 14.4 Å². The van der Waals surface area contributed by atoms with Gasteiger partial charge < -0.3 is 10.1 Å². The Hall–Kier alpha value is -3.23. The number of halogens is 1. The molecule has 1 N–H and O–H groups in total. The second kappa shape index (κ2) is 10.1. The molecule has 1 aliphatic heterocycles. The Morgan fingerprint density at radius 1 is 1.27 bits per heavy atom. The number of benzene rings is 1. The average molecular weight is 468 g/mol. The first kappa shape index (κ1) is 22.9. The number of ether oxygens (including phenoxy) is 1. The smallest absolute Gasteiger partial charge is 0.357 e. The molecule has 1 saturated heterocycles.